The number of aliphatic hydroxyl groups is 1. The van der Waals surface area contributed by atoms with Crippen molar-refractivity contribution in [2.75, 3.05) is 0 Å². The molecule has 0 fully saturated rings. The van der Waals surface area contributed by atoms with Crippen LogP contribution in [0.2, 0.25) is 0 Å². The van der Waals surface area contributed by atoms with Crippen molar-refractivity contribution in [3.8, 4) is 0 Å². The first-order valence-electron chi connectivity index (χ1n) is 5.56. The summed E-state index contributed by atoms with van der Waals surface area (Å²) in [6.45, 7) is 6.47. The first-order chi connectivity index (χ1) is 8.43. The number of nitrogens with zero attached hydrogens (tertiary/aromatic N) is 2. The zero-order valence-electron chi connectivity index (χ0n) is 11.1. The van der Waals surface area contributed by atoms with Crippen LogP contribution in [0, 0.1) is 0 Å². The number of hydrogen-bond donors (Lipinski definition) is 1. The van der Waals surface area contributed by atoms with Gasteiger partial charge in [0, 0.05) is 12.4 Å². The van der Waals surface area contributed by atoms with Crippen LogP contribution in [0.15, 0.2) is 12.4 Å². The molecule has 1 aromatic heterocycles. The molecule has 0 atom stereocenters. The van der Waals surface area contributed by atoms with Crippen LogP contribution in [0.4, 0.5) is 13.2 Å². The zero-order chi connectivity index (χ0) is 14.9. The first kappa shape index (κ1) is 15.9. The predicted molar refractivity (Wildman–Crippen MR) is 63.9 cm³/mol. The van der Waals surface area contributed by atoms with Crippen molar-refractivity contribution in [1.29, 1.82) is 0 Å². The molecule has 0 amide bonds. The van der Waals surface area contributed by atoms with Crippen LogP contribution < -0.4 is 5.46 Å². The summed E-state index contributed by atoms with van der Waals surface area (Å²) >= 11 is 0. The molecule has 0 aromatic carbocycles. The van der Waals surface area contributed by atoms with Crippen LogP contribution in [0.5, 0.6) is 0 Å². The summed E-state index contributed by atoms with van der Waals surface area (Å²) < 4.78 is 42.1. The van der Waals surface area contributed by atoms with Gasteiger partial charge in [-0.05, 0) is 33.2 Å². The molecule has 0 saturated heterocycles. The number of rotatable bonds is 4. The Kier molecular flexibility index (Phi) is 4.26. The van der Waals surface area contributed by atoms with Crippen LogP contribution in [0.25, 0.3) is 0 Å². The lowest BCUT2D eigenvalue weighted by Gasteiger charge is -2.37. The van der Waals surface area contributed by atoms with Crippen LogP contribution in [-0.2, 0) is 10.8 Å². The maximum Gasteiger partial charge on any atom is 0.451 e. The van der Waals surface area contributed by atoms with Crippen molar-refractivity contribution < 1.29 is 22.9 Å². The van der Waals surface area contributed by atoms with E-state index < -0.39 is 23.2 Å². The summed E-state index contributed by atoms with van der Waals surface area (Å²) in [6.07, 6.45) is -2.54. The van der Waals surface area contributed by atoms with Crippen molar-refractivity contribution in [2.45, 2.75) is 45.1 Å². The maximum absolute atomic E-state index is 12.3. The molecule has 0 aliphatic carbocycles. The van der Waals surface area contributed by atoms with Gasteiger partial charge in [0.15, 0.2) is 0 Å². The van der Waals surface area contributed by atoms with E-state index in [1.54, 1.807) is 27.7 Å². The number of hydrogen-bond acceptors (Lipinski definition) is 4. The standard InChI is InChI=1S/C11H15BF3N2O2/c1-9(2,18)10(3,4)19-12-7-5-16-8(17-6-7)11(13,14)15/h5-6,18H,1-4H3. The summed E-state index contributed by atoms with van der Waals surface area (Å²) in [4.78, 5) is 6.41. The molecule has 0 bridgehead atoms. The third kappa shape index (κ3) is 4.17. The molecule has 0 unspecified atom stereocenters. The monoisotopic (exact) mass is 275 g/mol. The van der Waals surface area contributed by atoms with Gasteiger partial charge in [0.05, 0.1) is 11.2 Å². The summed E-state index contributed by atoms with van der Waals surface area (Å²) in [5.74, 6) is -1.20. The molecule has 1 rings (SSSR count). The van der Waals surface area contributed by atoms with Gasteiger partial charge in [-0.2, -0.15) is 13.2 Å². The predicted octanol–water partition coefficient (Wildman–Crippen LogP) is 1.31. The second kappa shape index (κ2) is 5.09. The average Bonchev–Trinajstić information content (AvgIpc) is 2.24. The lowest BCUT2D eigenvalue weighted by Crippen LogP contribution is -2.49. The van der Waals surface area contributed by atoms with Gasteiger partial charge in [-0.15, -0.1) is 0 Å². The van der Waals surface area contributed by atoms with E-state index in [1.807, 2.05) is 0 Å². The second-order valence-corrected chi connectivity index (χ2v) is 5.14. The van der Waals surface area contributed by atoms with Crippen molar-refractivity contribution in [2.24, 2.45) is 0 Å². The van der Waals surface area contributed by atoms with E-state index in [9.17, 15) is 18.3 Å². The highest BCUT2D eigenvalue weighted by Gasteiger charge is 2.36. The third-order valence-corrected chi connectivity index (χ3v) is 2.89. The summed E-state index contributed by atoms with van der Waals surface area (Å²) in [6, 6.07) is 0. The van der Waals surface area contributed by atoms with E-state index in [-0.39, 0.29) is 5.46 Å². The minimum absolute atomic E-state index is 0.283. The fraction of sp³-hybridized carbons (Fsp3) is 0.636. The Hall–Kier alpha value is -1.15. The molecule has 0 spiro atoms. The topological polar surface area (TPSA) is 55.2 Å². The Morgan fingerprint density at radius 3 is 1.95 bits per heavy atom. The van der Waals surface area contributed by atoms with Crippen LogP contribution in [0.1, 0.15) is 33.5 Å². The van der Waals surface area contributed by atoms with Gasteiger partial charge in [-0.3, -0.25) is 0 Å². The smallest absolute Gasteiger partial charge is 0.427 e. The first-order valence-corrected chi connectivity index (χ1v) is 5.56. The van der Waals surface area contributed by atoms with Gasteiger partial charge in [-0.25, -0.2) is 9.97 Å². The summed E-state index contributed by atoms with van der Waals surface area (Å²) in [5, 5.41) is 9.85. The highest BCUT2D eigenvalue weighted by Crippen LogP contribution is 2.25. The molecular weight excluding hydrogens is 260 g/mol. The van der Waals surface area contributed by atoms with E-state index in [0.29, 0.717) is 0 Å². The molecule has 4 nitrogen and oxygen atoms in total. The quantitative estimate of drug-likeness (QED) is 0.842. The van der Waals surface area contributed by atoms with Crippen LogP contribution in [0.3, 0.4) is 0 Å². The molecule has 1 aromatic rings. The van der Waals surface area contributed by atoms with Gasteiger partial charge in [0.2, 0.25) is 5.82 Å². The Balaban J connectivity index is 2.70. The van der Waals surface area contributed by atoms with Gasteiger partial charge in [0.1, 0.15) is 0 Å². The molecule has 1 heterocycles. The van der Waals surface area contributed by atoms with Crippen LogP contribution in [-0.4, -0.2) is 33.8 Å². The minimum Gasteiger partial charge on any atom is -0.427 e. The lowest BCUT2D eigenvalue weighted by atomic mass is 9.84. The van der Waals surface area contributed by atoms with Crippen LogP contribution >= 0.6 is 0 Å². The molecule has 1 N–H and O–H groups in total. The fourth-order valence-corrected chi connectivity index (χ4v) is 0.905. The van der Waals surface area contributed by atoms with E-state index >= 15 is 0 Å². The fourth-order valence-electron chi connectivity index (χ4n) is 0.905. The molecule has 1 radical (unpaired) electrons. The third-order valence-electron chi connectivity index (χ3n) is 2.89. The van der Waals surface area contributed by atoms with Gasteiger partial charge in [0.25, 0.3) is 0 Å². The molecule has 105 valence electrons. The number of aromatic nitrogens is 2. The molecule has 0 saturated carbocycles. The van der Waals surface area contributed by atoms with Gasteiger partial charge < -0.3 is 9.76 Å². The van der Waals surface area contributed by atoms with Gasteiger partial charge in [-0.1, -0.05) is 0 Å². The van der Waals surface area contributed by atoms with Crippen molar-refractivity contribution in [1.82, 2.24) is 9.97 Å². The lowest BCUT2D eigenvalue weighted by molar-refractivity contribution is -0.144. The average molecular weight is 275 g/mol. The molecule has 8 heteroatoms. The Morgan fingerprint density at radius 2 is 1.58 bits per heavy atom. The summed E-state index contributed by atoms with van der Waals surface area (Å²) in [7, 11) is 1.22. The van der Waals surface area contributed by atoms with E-state index in [2.05, 4.69) is 9.97 Å². The number of alkyl halides is 3. The van der Waals surface area contributed by atoms with Crippen molar-refractivity contribution >= 4 is 12.9 Å². The second-order valence-electron chi connectivity index (χ2n) is 5.14. The Morgan fingerprint density at radius 1 is 1.11 bits per heavy atom. The largest absolute Gasteiger partial charge is 0.451 e. The molecular formula is C11H15BF3N2O2. The molecule has 19 heavy (non-hydrogen) atoms. The highest BCUT2D eigenvalue weighted by molar-refractivity contribution is 6.46. The highest BCUT2D eigenvalue weighted by atomic mass is 19.4. The van der Waals surface area contributed by atoms with Gasteiger partial charge >= 0.3 is 13.7 Å². The molecule has 0 aliphatic rings. The maximum atomic E-state index is 12.3. The van der Waals surface area contributed by atoms with E-state index in [0.717, 1.165) is 12.4 Å². The van der Waals surface area contributed by atoms with E-state index in [4.69, 9.17) is 4.65 Å². The SMILES string of the molecule is CC(C)(O)C(C)(C)O[B]c1cnc(C(F)(F)F)nc1. The Labute approximate surface area is 110 Å². The van der Waals surface area contributed by atoms with Crippen molar-refractivity contribution in [3.05, 3.63) is 18.2 Å². The molecule has 0 aliphatic heterocycles. The van der Waals surface area contributed by atoms with E-state index in [1.165, 1.54) is 7.48 Å². The summed E-state index contributed by atoms with van der Waals surface area (Å²) in [5.41, 5.74) is -1.74. The normalized spacial score (nSPS) is 13.5. The van der Waals surface area contributed by atoms with Crippen molar-refractivity contribution in [3.63, 3.8) is 0 Å². The Bertz CT molecular complexity index is 427. The number of halogens is 3. The zero-order valence-corrected chi connectivity index (χ0v) is 11.1. The minimum atomic E-state index is -4.56.